The number of carboxylic acids is 1. The number of anilines is 1. The minimum Gasteiger partial charge on any atom is -0.478 e. The van der Waals surface area contributed by atoms with Gasteiger partial charge in [0.15, 0.2) is 11.6 Å². The lowest BCUT2D eigenvalue weighted by atomic mass is 10.1. The van der Waals surface area contributed by atoms with Gasteiger partial charge in [-0.2, -0.15) is 0 Å². The Kier molecular flexibility index (Phi) is 4.11. The van der Waals surface area contributed by atoms with Crippen LogP contribution in [0.25, 0.3) is 0 Å². The first-order valence-corrected chi connectivity index (χ1v) is 5.78. The highest BCUT2D eigenvalue weighted by Crippen LogP contribution is 2.20. The van der Waals surface area contributed by atoms with Gasteiger partial charge in [0.1, 0.15) is 11.6 Å². The molecule has 7 heteroatoms. The molecular formula is C14H9F4NO2. The molecule has 3 nitrogen and oxygen atoms in total. The van der Waals surface area contributed by atoms with Gasteiger partial charge < -0.3 is 10.4 Å². The van der Waals surface area contributed by atoms with Crippen LogP contribution in [0.1, 0.15) is 15.9 Å². The van der Waals surface area contributed by atoms with E-state index >= 15 is 0 Å². The topological polar surface area (TPSA) is 49.3 Å². The van der Waals surface area contributed by atoms with Crippen LogP contribution in [0.4, 0.5) is 23.2 Å². The highest BCUT2D eigenvalue weighted by molar-refractivity contribution is 5.87. The summed E-state index contributed by atoms with van der Waals surface area (Å²) in [7, 11) is 0. The zero-order chi connectivity index (χ0) is 15.6. The van der Waals surface area contributed by atoms with E-state index in [4.69, 9.17) is 5.11 Å². The Hall–Kier alpha value is -2.57. The lowest BCUT2D eigenvalue weighted by Gasteiger charge is -2.10. The maximum absolute atomic E-state index is 13.5. The molecule has 2 aromatic carbocycles. The third kappa shape index (κ3) is 3.31. The summed E-state index contributed by atoms with van der Waals surface area (Å²) in [6, 6.07) is 4.17. The zero-order valence-electron chi connectivity index (χ0n) is 10.5. The molecule has 21 heavy (non-hydrogen) atoms. The Labute approximate surface area is 116 Å². The monoisotopic (exact) mass is 299 g/mol. The quantitative estimate of drug-likeness (QED) is 0.670. The fraction of sp³-hybridized carbons (Fsp3) is 0.0714. The largest absolute Gasteiger partial charge is 0.478 e. The van der Waals surface area contributed by atoms with Crippen LogP contribution in [0.2, 0.25) is 0 Å². The normalized spacial score (nSPS) is 10.5. The second-order valence-electron chi connectivity index (χ2n) is 4.21. The highest BCUT2D eigenvalue weighted by Gasteiger charge is 2.13. The number of rotatable bonds is 4. The maximum Gasteiger partial charge on any atom is 0.335 e. The molecule has 0 aromatic heterocycles. The van der Waals surface area contributed by atoms with E-state index in [0.29, 0.717) is 6.07 Å². The molecule has 2 rings (SSSR count). The molecule has 0 aliphatic heterocycles. The fourth-order valence-electron chi connectivity index (χ4n) is 1.72. The van der Waals surface area contributed by atoms with Crippen LogP contribution in [0.3, 0.4) is 0 Å². The van der Waals surface area contributed by atoms with E-state index in [1.54, 1.807) is 0 Å². The minimum atomic E-state index is -1.38. The van der Waals surface area contributed by atoms with E-state index in [0.717, 1.165) is 24.3 Å². The molecule has 2 aromatic rings. The molecule has 0 spiro atoms. The molecule has 2 N–H and O–H groups in total. The Bertz CT molecular complexity index is 704. The number of benzene rings is 2. The van der Waals surface area contributed by atoms with E-state index in [1.807, 2.05) is 0 Å². The first kappa shape index (κ1) is 14.8. The van der Waals surface area contributed by atoms with Crippen molar-refractivity contribution < 1.29 is 27.5 Å². The smallest absolute Gasteiger partial charge is 0.335 e. The summed E-state index contributed by atoms with van der Waals surface area (Å²) in [4.78, 5) is 10.8. The number of aromatic carboxylic acids is 1. The number of hydrogen-bond acceptors (Lipinski definition) is 2. The third-order valence-electron chi connectivity index (χ3n) is 2.75. The molecule has 0 amide bonds. The van der Waals surface area contributed by atoms with Gasteiger partial charge in [-0.05, 0) is 18.2 Å². The number of nitrogens with one attached hydrogen (secondary N) is 1. The van der Waals surface area contributed by atoms with Crippen LogP contribution in [-0.4, -0.2) is 11.1 Å². The first-order valence-electron chi connectivity index (χ1n) is 5.78. The summed E-state index contributed by atoms with van der Waals surface area (Å²) in [6.07, 6.45) is 0. The van der Waals surface area contributed by atoms with Gasteiger partial charge in [-0.25, -0.2) is 22.4 Å². The van der Waals surface area contributed by atoms with Crippen LogP contribution in [0.5, 0.6) is 0 Å². The van der Waals surface area contributed by atoms with Crippen LogP contribution in [-0.2, 0) is 6.54 Å². The predicted molar refractivity (Wildman–Crippen MR) is 67.0 cm³/mol. The average Bonchev–Trinajstić information content (AvgIpc) is 2.42. The van der Waals surface area contributed by atoms with E-state index in [9.17, 15) is 22.4 Å². The Morgan fingerprint density at radius 3 is 2.43 bits per heavy atom. The zero-order valence-corrected chi connectivity index (χ0v) is 10.5. The molecule has 0 saturated heterocycles. The summed E-state index contributed by atoms with van der Waals surface area (Å²) in [5, 5.41) is 11.1. The van der Waals surface area contributed by atoms with Gasteiger partial charge in [0.25, 0.3) is 0 Å². The van der Waals surface area contributed by atoms with Gasteiger partial charge in [-0.3, -0.25) is 0 Å². The van der Waals surface area contributed by atoms with Gasteiger partial charge in [0.05, 0.1) is 11.3 Å². The molecule has 0 unspecified atom stereocenters. The van der Waals surface area contributed by atoms with E-state index in [1.165, 1.54) is 0 Å². The lowest BCUT2D eigenvalue weighted by Crippen LogP contribution is -2.07. The van der Waals surface area contributed by atoms with Crippen molar-refractivity contribution in [2.75, 3.05) is 5.32 Å². The maximum atomic E-state index is 13.5. The number of carbonyl (C=O) groups is 1. The summed E-state index contributed by atoms with van der Waals surface area (Å²) in [5.41, 5.74) is -0.703. The molecule has 0 saturated carbocycles. The molecule has 0 atom stereocenters. The molecule has 110 valence electrons. The molecule has 0 aliphatic carbocycles. The van der Waals surface area contributed by atoms with Crippen molar-refractivity contribution in [1.29, 1.82) is 0 Å². The fourth-order valence-corrected chi connectivity index (χ4v) is 1.72. The minimum absolute atomic E-state index is 0.0704. The Morgan fingerprint density at radius 1 is 1.05 bits per heavy atom. The lowest BCUT2D eigenvalue weighted by molar-refractivity contribution is 0.0696. The van der Waals surface area contributed by atoms with Crippen molar-refractivity contribution in [2.24, 2.45) is 0 Å². The summed E-state index contributed by atoms with van der Waals surface area (Å²) >= 11 is 0. The molecule has 0 heterocycles. The van der Waals surface area contributed by atoms with Crippen LogP contribution < -0.4 is 5.32 Å². The molecule has 0 fully saturated rings. The average molecular weight is 299 g/mol. The van der Waals surface area contributed by atoms with Crippen molar-refractivity contribution in [2.45, 2.75) is 6.54 Å². The Balaban J connectivity index is 2.24. The molecule has 0 bridgehead atoms. The molecular weight excluding hydrogens is 290 g/mol. The van der Waals surface area contributed by atoms with Crippen LogP contribution in [0.15, 0.2) is 30.3 Å². The standard InChI is InChI=1S/C14H9F4NO2/c15-9-4-11(17)13(18)12(5-9)19-6-8-3-7(14(20)21)1-2-10(8)16/h1-5,19H,6H2,(H,20,21). The van der Waals surface area contributed by atoms with Crippen molar-refractivity contribution in [3.05, 3.63) is 64.7 Å². The van der Waals surface area contributed by atoms with Gasteiger partial charge in [-0.15, -0.1) is 0 Å². The van der Waals surface area contributed by atoms with Gasteiger partial charge in [0, 0.05) is 24.2 Å². The van der Waals surface area contributed by atoms with Crippen LogP contribution in [0, 0.1) is 23.3 Å². The van der Waals surface area contributed by atoms with Crippen molar-refractivity contribution in [3.8, 4) is 0 Å². The Morgan fingerprint density at radius 2 is 1.76 bits per heavy atom. The highest BCUT2D eigenvalue weighted by atomic mass is 19.2. The number of halogens is 4. The third-order valence-corrected chi connectivity index (χ3v) is 2.75. The van der Waals surface area contributed by atoms with E-state index in [-0.39, 0.29) is 17.7 Å². The van der Waals surface area contributed by atoms with Crippen molar-refractivity contribution >= 4 is 11.7 Å². The summed E-state index contributed by atoms with van der Waals surface area (Å²) in [5.74, 6) is -5.64. The van der Waals surface area contributed by atoms with Crippen molar-refractivity contribution in [1.82, 2.24) is 0 Å². The van der Waals surface area contributed by atoms with Crippen molar-refractivity contribution in [3.63, 3.8) is 0 Å². The molecule has 0 aliphatic rings. The summed E-state index contributed by atoms with van der Waals surface area (Å²) < 4.78 is 52.9. The van der Waals surface area contributed by atoms with Gasteiger partial charge in [0.2, 0.25) is 0 Å². The summed E-state index contributed by atoms with van der Waals surface area (Å²) in [6.45, 7) is -0.327. The van der Waals surface area contributed by atoms with E-state index in [2.05, 4.69) is 5.32 Å². The SMILES string of the molecule is O=C(O)c1ccc(F)c(CNc2cc(F)cc(F)c2F)c1. The molecule has 0 radical (unpaired) electrons. The second-order valence-corrected chi connectivity index (χ2v) is 4.21. The number of carboxylic acid groups (broad SMARTS) is 1. The van der Waals surface area contributed by atoms with Gasteiger partial charge >= 0.3 is 5.97 Å². The van der Waals surface area contributed by atoms with Gasteiger partial charge in [-0.1, -0.05) is 0 Å². The predicted octanol–water partition coefficient (Wildman–Crippen LogP) is 3.55. The second kappa shape index (κ2) is 5.82. The first-order chi connectivity index (χ1) is 9.88. The van der Waals surface area contributed by atoms with Crippen LogP contribution >= 0.6 is 0 Å². The van der Waals surface area contributed by atoms with E-state index < -0.39 is 34.9 Å². The number of hydrogen-bond donors (Lipinski definition) is 2.